The van der Waals surface area contributed by atoms with Gasteiger partial charge in [-0.1, -0.05) is 236 Å². The van der Waals surface area contributed by atoms with Gasteiger partial charge in [-0.15, -0.1) is 0 Å². The third-order valence-corrected chi connectivity index (χ3v) is 13.9. The minimum atomic E-state index is -4.76. The number of phosphoric acid groups is 1. The lowest BCUT2D eigenvalue weighted by molar-refractivity contribution is -0.161. The van der Waals surface area contributed by atoms with Crippen LogP contribution in [0.1, 0.15) is 278 Å². The summed E-state index contributed by atoms with van der Waals surface area (Å²) in [4.78, 5) is 48.6. The fourth-order valence-corrected chi connectivity index (χ4v) is 9.13. The van der Waals surface area contributed by atoms with Crippen LogP contribution >= 0.6 is 7.82 Å². The molecule has 0 saturated carbocycles. The Bertz CT molecular complexity index is 1470. The second-order valence-electron chi connectivity index (χ2n) is 20.1. The van der Waals surface area contributed by atoms with Crippen LogP contribution in [0.15, 0.2) is 60.8 Å². The first kappa shape index (κ1) is 71.2. The maximum absolute atomic E-state index is 12.9. The fraction of sp³-hybridized carbons (Fsp3) is 0.790. The average molecular weight is 1060 g/mol. The van der Waals surface area contributed by atoms with Gasteiger partial charge in [0, 0.05) is 19.3 Å². The predicted octanol–water partition coefficient (Wildman–Crippen LogP) is 17.9. The quantitative estimate of drug-likeness (QED) is 0.0197. The number of rotatable bonds is 56. The molecule has 3 unspecified atom stereocenters. The summed E-state index contributed by atoms with van der Waals surface area (Å²) in [7, 11) is -4.76. The molecule has 3 atom stereocenters. The van der Waals surface area contributed by atoms with Gasteiger partial charge in [0.2, 0.25) is 0 Å². The summed E-state index contributed by atoms with van der Waals surface area (Å²) in [5.74, 6) is -1.51. The Balaban J connectivity index is 4.74. The van der Waals surface area contributed by atoms with Crippen LogP contribution in [-0.2, 0) is 42.2 Å². The zero-order valence-electron chi connectivity index (χ0n) is 47.6. The van der Waals surface area contributed by atoms with E-state index in [0.29, 0.717) is 19.3 Å². The summed E-state index contributed by atoms with van der Waals surface area (Å²) in [5.41, 5.74) is 0. The van der Waals surface area contributed by atoms with Crippen molar-refractivity contribution in [3.05, 3.63) is 60.8 Å². The molecule has 0 rings (SSSR count). The first-order chi connectivity index (χ1) is 36.2. The monoisotopic (exact) mass is 1060 g/mol. The Hall–Kier alpha value is -2.82. The van der Waals surface area contributed by atoms with Gasteiger partial charge in [0.05, 0.1) is 19.8 Å². The van der Waals surface area contributed by atoms with Crippen LogP contribution in [0.25, 0.3) is 0 Å². The molecule has 0 bridgehead atoms. The lowest BCUT2D eigenvalue weighted by atomic mass is 10.0. The smallest absolute Gasteiger partial charge is 0.462 e. The number of ether oxygens (including phenoxy) is 3. The van der Waals surface area contributed by atoms with E-state index in [2.05, 4.69) is 81.5 Å². The molecular weight excluding hydrogens is 952 g/mol. The Morgan fingerprint density at radius 3 is 1.12 bits per heavy atom. The lowest BCUT2D eigenvalue weighted by Crippen LogP contribution is -2.30. The third kappa shape index (κ3) is 54.0. The minimum absolute atomic E-state index is 0.116. The molecule has 0 fully saturated rings. The number of aliphatic hydroxyl groups excluding tert-OH is 1. The Kier molecular flexibility index (Phi) is 54.2. The van der Waals surface area contributed by atoms with E-state index in [4.69, 9.17) is 23.3 Å². The highest BCUT2D eigenvalue weighted by Gasteiger charge is 2.28. The van der Waals surface area contributed by atoms with Gasteiger partial charge in [-0.25, -0.2) is 4.57 Å². The summed E-state index contributed by atoms with van der Waals surface area (Å²) < 4.78 is 39.5. The molecule has 0 aromatic heterocycles. The molecule has 0 radical (unpaired) electrons. The zero-order chi connectivity index (χ0) is 54.1. The molecule has 0 spiro atoms. The first-order valence-corrected chi connectivity index (χ1v) is 31.7. The zero-order valence-corrected chi connectivity index (χ0v) is 48.5. The molecule has 0 aromatic rings. The van der Waals surface area contributed by atoms with Gasteiger partial charge in [0.15, 0.2) is 6.10 Å². The van der Waals surface area contributed by atoms with E-state index in [-0.39, 0.29) is 25.9 Å². The molecule has 0 saturated heterocycles. The van der Waals surface area contributed by atoms with Crippen molar-refractivity contribution in [2.45, 2.75) is 290 Å². The summed E-state index contributed by atoms with van der Waals surface area (Å²) in [5, 5.41) is 9.82. The van der Waals surface area contributed by atoms with E-state index >= 15 is 0 Å². The molecule has 0 aliphatic rings. The van der Waals surface area contributed by atoms with Crippen LogP contribution in [0, 0.1) is 0 Å². The minimum Gasteiger partial charge on any atom is -0.462 e. The molecule has 74 heavy (non-hydrogen) atoms. The molecule has 0 amide bonds. The van der Waals surface area contributed by atoms with E-state index in [9.17, 15) is 28.9 Å². The molecule has 11 nitrogen and oxygen atoms in total. The van der Waals surface area contributed by atoms with Crippen molar-refractivity contribution in [1.82, 2.24) is 0 Å². The number of phosphoric ester groups is 1. The molecule has 430 valence electrons. The van der Waals surface area contributed by atoms with Gasteiger partial charge < -0.3 is 24.2 Å². The first-order valence-electron chi connectivity index (χ1n) is 30.2. The van der Waals surface area contributed by atoms with Crippen molar-refractivity contribution in [3.63, 3.8) is 0 Å². The summed E-state index contributed by atoms with van der Waals surface area (Å²) in [6.45, 7) is 4.51. The highest BCUT2D eigenvalue weighted by molar-refractivity contribution is 7.47. The van der Waals surface area contributed by atoms with Gasteiger partial charge >= 0.3 is 25.7 Å². The van der Waals surface area contributed by atoms with Crippen molar-refractivity contribution in [2.75, 3.05) is 26.4 Å². The van der Waals surface area contributed by atoms with Gasteiger partial charge in [0.1, 0.15) is 12.7 Å². The Morgan fingerprint density at radius 1 is 0.392 bits per heavy atom. The van der Waals surface area contributed by atoms with Crippen molar-refractivity contribution in [2.24, 2.45) is 0 Å². The molecular formula is C62H111O11P. The van der Waals surface area contributed by atoms with Gasteiger partial charge in [-0.2, -0.15) is 0 Å². The number of allylic oxidation sites excluding steroid dienone is 10. The number of carbonyl (C=O) groups excluding carboxylic acids is 3. The van der Waals surface area contributed by atoms with Crippen molar-refractivity contribution < 1.29 is 52.2 Å². The number of hydrogen-bond acceptors (Lipinski definition) is 10. The summed E-state index contributed by atoms with van der Waals surface area (Å²) >= 11 is 0. The van der Waals surface area contributed by atoms with E-state index in [0.717, 1.165) is 96.3 Å². The van der Waals surface area contributed by atoms with Gasteiger partial charge in [-0.05, 0) is 83.5 Å². The average Bonchev–Trinajstić information content (AvgIpc) is 3.39. The number of carbonyl (C=O) groups is 3. The molecule has 0 aliphatic heterocycles. The maximum atomic E-state index is 12.9. The molecule has 0 aromatic carbocycles. The Morgan fingerprint density at radius 2 is 0.703 bits per heavy atom. The fourth-order valence-electron chi connectivity index (χ4n) is 8.34. The summed E-state index contributed by atoms with van der Waals surface area (Å²) in [6, 6.07) is 0. The van der Waals surface area contributed by atoms with Crippen molar-refractivity contribution in [1.29, 1.82) is 0 Å². The van der Waals surface area contributed by atoms with E-state index in [1.807, 2.05) is 0 Å². The second kappa shape index (κ2) is 56.4. The van der Waals surface area contributed by atoms with Crippen LogP contribution in [0.3, 0.4) is 0 Å². The van der Waals surface area contributed by atoms with E-state index in [1.54, 1.807) is 0 Å². The van der Waals surface area contributed by atoms with Crippen LogP contribution in [0.5, 0.6) is 0 Å². The SMILES string of the molecule is CC/C=C\C/C=C\C/C=C\C/C=C\CCCCC(=O)OC(COC(=O)CCCCCCCCCCCCCCCCCCC)COP(=O)(O)OCC(CO)OC(=O)CCCCCCC/C=C\CCCCCCCC. The predicted molar refractivity (Wildman–Crippen MR) is 307 cm³/mol. The highest BCUT2D eigenvalue weighted by Crippen LogP contribution is 2.43. The van der Waals surface area contributed by atoms with Crippen LogP contribution < -0.4 is 0 Å². The van der Waals surface area contributed by atoms with Gasteiger partial charge in [0.25, 0.3) is 0 Å². The van der Waals surface area contributed by atoms with Gasteiger partial charge in [-0.3, -0.25) is 23.4 Å². The number of esters is 3. The summed E-state index contributed by atoms with van der Waals surface area (Å²) in [6.07, 6.45) is 61.8. The molecule has 2 N–H and O–H groups in total. The molecule has 0 heterocycles. The van der Waals surface area contributed by atoms with Crippen molar-refractivity contribution >= 4 is 25.7 Å². The molecule has 12 heteroatoms. The third-order valence-electron chi connectivity index (χ3n) is 12.9. The van der Waals surface area contributed by atoms with E-state index in [1.165, 1.54) is 122 Å². The normalized spacial score (nSPS) is 13.7. The van der Waals surface area contributed by atoms with Crippen LogP contribution in [0.4, 0.5) is 0 Å². The second-order valence-corrected chi connectivity index (χ2v) is 21.6. The standard InChI is InChI=1S/C62H111O11P/c1-4-7-10-13-16-19-22-25-28-29-32-33-36-39-42-45-48-51-60(64)69-55-59(73-62(66)53-50-47-44-41-38-35-31-27-24-21-18-15-12-9-6-3)57-71-74(67,68)70-56-58(54-63)72-61(65)52-49-46-43-40-37-34-30-26-23-20-17-14-11-8-5-2/h9,12,18,21,26-27,30-31,38,41,58-59,63H,4-8,10-11,13-17,19-20,22-25,28-29,32-37,39-40,42-57H2,1-3H3,(H,67,68)/b12-9-,21-18-,30-26-,31-27-,41-38-. The lowest BCUT2D eigenvalue weighted by Gasteiger charge is -2.21. The Labute approximate surface area is 453 Å². The highest BCUT2D eigenvalue weighted by atomic mass is 31.2. The van der Waals surface area contributed by atoms with Crippen LogP contribution in [0.2, 0.25) is 0 Å². The topological polar surface area (TPSA) is 155 Å². The number of hydrogen-bond donors (Lipinski definition) is 2. The van der Waals surface area contributed by atoms with Crippen LogP contribution in [-0.4, -0.2) is 66.5 Å². The van der Waals surface area contributed by atoms with Crippen molar-refractivity contribution in [3.8, 4) is 0 Å². The number of aliphatic hydroxyl groups is 1. The van der Waals surface area contributed by atoms with E-state index < -0.39 is 57.8 Å². The maximum Gasteiger partial charge on any atom is 0.472 e. The largest absolute Gasteiger partial charge is 0.472 e. The molecule has 0 aliphatic carbocycles. The number of unbranched alkanes of at least 4 members (excludes halogenated alkanes) is 29.